The Bertz CT molecular complexity index is 504. The molecule has 2 heterocycles. The molecule has 1 aliphatic rings. The van der Waals surface area contributed by atoms with Gasteiger partial charge in [-0.25, -0.2) is 0 Å². The van der Waals surface area contributed by atoms with E-state index in [0.29, 0.717) is 5.92 Å². The van der Waals surface area contributed by atoms with E-state index in [2.05, 4.69) is 27.6 Å². The van der Waals surface area contributed by atoms with Gasteiger partial charge >= 0.3 is 0 Å². The van der Waals surface area contributed by atoms with Crippen LogP contribution in [0.1, 0.15) is 24.3 Å². The van der Waals surface area contributed by atoms with Gasteiger partial charge in [0, 0.05) is 12.3 Å². The third-order valence-electron chi connectivity index (χ3n) is 2.50. The van der Waals surface area contributed by atoms with Crippen molar-refractivity contribution >= 4 is 45.3 Å². The van der Waals surface area contributed by atoms with Crippen molar-refractivity contribution in [3.63, 3.8) is 0 Å². The number of halogens is 2. The Morgan fingerprint density at radius 3 is 3.00 bits per heavy atom. The highest BCUT2D eigenvalue weighted by Crippen LogP contribution is 2.44. The van der Waals surface area contributed by atoms with Crippen LogP contribution in [0.4, 0.5) is 0 Å². The lowest BCUT2D eigenvalue weighted by molar-refractivity contribution is 0.583. The third-order valence-corrected chi connectivity index (χ3v) is 3.42. The quantitative estimate of drug-likeness (QED) is 0.744. The van der Waals surface area contributed by atoms with Crippen molar-refractivity contribution in [1.82, 2.24) is 4.98 Å². The van der Waals surface area contributed by atoms with Crippen molar-refractivity contribution in [2.75, 3.05) is 0 Å². The van der Waals surface area contributed by atoms with E-state index in [9.17, 15) is 0 Å². The van der Waals surface area contributed by atoms with Crippen molar-refractivity contribution in [2.24, 2.45) is 0 Å². The highest BCUT2D eigenvalue weighted by atomic mass is 127. The first-order valence-electron chi connectivity index (χ1n) is 4.49. The molecule has 72 valence electrons. The standard InChI is InChI=1S/C10H7ClINO/c11-9-6(5-1-2-5)4-13-7-3-8(12)14-10(7)9/h3-5H,1-2H2. The maximum absolute atomic E-state index is 6.25. The molecule has 4 heteroatoms. The van der Waals surface area contributed by atoms with Crippen molar-refractivity contribution in [3.05, 3.63) is 26.6 Å². The maximum atomic E-state index is 6.25. The minimum absolute atomic E-state index is 0.613. The second-order valence-electron chi connectivity index (χ2n) is 3.57. The molecule has 0 aromatic carbocycles. The van der Waals surface area contributed by atoms with Gasteiger partial charge in [-0.05, 0) is 46.9 Å². The summed E-state index contributed by atoms with van der Waals surface area (Å²) in [6, 6.07) is 1.90. The minimum atomic E-state index is 0.613. The van der Waals surface area contributed by atoms with Crippen molar-refractivity contribution < 1.29 is 4.42 Å². The summed E-state index contributed by atoms with van der Waals surface area (Å²) < 4.78 is 6.34. The fraction of sp³-hybridized carbons (Fsp3) is 0.300. The first-order valence-corrected chi connectivity index (χ1v) is 5.95. The first-order chi connectivity index (χ1) is 6.75. The number of furan rings is 1. The molecule has 2 aromatic rings. The largest absolute Gasteiger partial charge is 0.447 e. The van der Waals surface area contributed by atoms with E-state index in [4.69, 9.17) is 16.0 Å². The second-order valence-corrected chi connectivity index (χ2v) is 5.01. The van der Waals surface area contributed by atoms with Gasteiger partial charge in [0.15, 0.2) is 9.35 Å². The molecule has 0 radical (unpaired) electrons. The summed E-state index contributed by atoms with van der Waals surface area (Å²) in [6.45, 7) is 0. The Hall–Kier alpha value is -0.290. The molecule has 0 atom stereocenters. The van der Waals surface area contributed by atoms with E-state index in [1.807, 2.05) is 12.3 Å². The smallest absolute Gasteiger partial charge is 0.172 e. The summed E-state index contributed by atoms with van der Waals surface area (Å²) >= 11 is 8.38. The minimum Gasteiger partial charge on any atom is -0.447 e. The molecule has 0 amide bonds. The molecule has 1 saturated carbocycles. The number of hydrogen-bond donors (Lipinski definition) is 0. The zero-order valence-electron chi connectivity index (χ0n) is 7.26. The summed E-state index contributed by atoms with van der Waals surface area (Å²) in [4.78, 5) is 4.34. The van der Waals surface area contributed by atoms with Crippen molar-refractivity contribution in [3.8, 4) is 0 Å². The second kappa shape index (κ2) is 3.10. The van der Waals surface area contributed by atoms with Crippen molar-refractivity contribution in [2.45, 2.75) is 18.8 Å². The topological polar surface area (TPSA) is 26.0 Å². The Labute approximate surface area is 99.8 Å². The summed E-state index contributed by atoms with van der Waals surface area (Å²) in [5, 5.41) is 0.750. The summed E-state index contributed by atoms with van der Waals surface area (Å²) in [7, 11) is 0. The number of rotatable bonds is 1. The van der Waals surface area contributed by atoms with Crippen LogP contribution in [0.15, 0.2) is 16.7 Å². The SMILES string of the molecule is Clc1c(C2CC2)cnc2cc(I)oc12. The predicted molar refractivity (Wildman–Crippen MR) is 63.7 cm³/mol. The van der Waals surface area contributed by atoms with Crippen LogP contribution in [0.5, 0.6) is 0 Å². The number of nitrogens with zero attached hydrogens (tertiary/aromatic N) is 1. The summed E-state index contributed by atoms with van der Waals surface area (Å²) in [6.07, 6.45) is 4.34. The molecule has 1 aliphatic carbocycles. The predicted octanol–water partition coefficient (Wildman–Crippen LogP) is 3.96. The van der Waals surface area contributed by atoms with Crippen LogP contribution in [0.2, 0.25) is 5.02 Å². The fourth-order valence-corrected chi connectivity index (χ4v) is 2.46. The molecule has 0 saturated heterocycles. The average molecular weight is 320 g/mol. The van der Waals surface area contributed by atoms with E-state index in [0.717, 1.165) is 25.5 Å². The average Bonchev–Trinajstić information content (AvgIpc) is 2.89. The van der Waals surface area contributed by atoms with Gasteiger partial charge in [0.1, 0.15) is 5.52 Å². The Balaban J connectivity index is 2.29. The van der Waals surface area contributed by atoms with Gasteiger partial charge in [-0.1, -0.05) is 11.6 Å². The van der Waals surface area contributed by atoms with E-state index in [-0.39, 0.29) is 0 Å². The Morgan fingerprint density at radius 2 is 2.29 bits per heavy atom. The fourth-order valence-electron chi connectivity index (χ4n) is 1.61. The van der Waals surface area contributed by atoms with Gasteiger partial charge in [0.2, 0.25) is 0 Å². The first kappa shape index (κ1) is 8.97. The van der Waals surface area contributed by atoms with Crippen LogP contribution in [-0.4, -0.2) is 4.98 Å². The summed E-state index contributed by atoms with van der Waals surface area (Å²) in [5.74, 6) is 0.613. The zero-order chi connectivity index (χ0) is 9.71. The molecule has 0 unspecified atom stereocenters. The lowest BCUT2D eigenvalue weighted by Gasteiger charge is -2.00. The zero-order valence-corrected chi connectivity index (χ0v) is 10.2. The molecule has 0 bridgehead atoms. The van der Waals surface area contributed by atoms with Crippen LogP contribution >= 0.6 is 34.2 Å². The number of pyridine rings is 1. The van der Waals surface area contributed by atoms with Crippen LogP contribution in [0.3, 0.4) is 0 Å². The third kappa shape index (κ3) is 1.34. The molecule has 1 fully saturated rings. The Kier molecular flexibility index (Phi) is 1.99. The van der Waals surface area contributed by atoms with Crippen LogP contribution in [0, 0.1) is 3.77 Å². The van der Waals surface area contributed by atoms with E-state index >= 15 is 0 Å². The molecular weight excluding hydrogens is 312 g/mol. The number of fused-ring (bicyclic) bond motifs is 1. The molecule has 14 heavy (non-hydrogen) atoms. The molecule has 2 aromatic heterocycles. The normalized spacial score (nSPS) is 16.4. The molecule has 3 rings (SSSR count). The van der Waals surface area contributed by atoms with E-state index in [1.165, 1.54) is 12.8 Å². The monoisotopic (exact) mass is 319 g/mol. The molecule has 0 spiro atoms. The van der Waals surface area contributed by atoms with Gasteiger partial charge in [0.25, 0.3) is 0 Å². The Morgan fingerprint density at radius 1 is 1.50 bits per heavy atom. The van der Waals surface area contributed by atoms with Gasteiger partial charge in [-0.3, -0.25) is 4.98 Å². The van der Waals surface area contributed by atoms with E-state index in [1.54, 1.807) is 0 Å². The molecule has 2 nitrogen and oxygen atoms in total. The molecular formula is C10H7ClINO. The lowest BCUT2D eigenvalue weighted by Crippen LogP contribution is -1.84. The van der Waals surface area contributed by atoms with E-state index < -0.39 is 0 Å². The van der Waals surface area contributed by atoms with Gasteiger partial charge in [0.05, 0.1) is 5.02 Å². The highest BCUT2D eigenvalue weighted by Gasteiger charge is 2.27. The van der Waals surface area contributed by atoms with Gasteiger partial charge in [-0.15, -0.1) is 0 Å². The molecule has 0 aliphatic heterocycles. The van der Waals surface area contributed by atoms with Crippen LogP contribution < -0.4 is 0 Å². The van der Waals surface area contributed by atoms with Crippen molar-refractivity contribution in [1.29, 1.82) is 0 Å². The molecule has 0 N–H and O–H groups in total. The van der Waals surface area contributed by atoms with Crippen LogP contribution in [-0.2, 0) is 0 Å². The van der Waals surface area contributed by atoms with Gasteiger partial charge < -0.3 is 4.42 Å². The van der Waals surface area contributed by atoms with Crippen LogP contribution in [0.25, 0.3) is 11.1 Å². The lowest BCUT2D eigenvalue weighted by atomic mass is 10.2. The highest BCUT2D eigenvalue weighted by molar-refractivity contribution is 14.1. The summed E-state index contributed by atoms with van der Waals surface area (Å²) in [5.41, 5.74) is 2.73. The van der Waals surface area contributed by atoms with Gasteiger partial charge in [-0.2, -0.15) is 0 Å². The number of aromatic nitrogens is 1. The number of hydrogen-bond acceptors (Lipinski definition) is 2. The maximum Gasteiger partial charge on any atom is 0.172 e.